The molecule has 1 aromatic rings. The fourth-order valence-electron chi connectivity index (χ4n) is 0.736. The van der Waals surface area contributed by atoms with E-state index in [1.54, 1.807) is 0 Å². The van der Waals surface area contributed by atoms with Crippen molar-refractivity contribution in [1.82, 2.24) is 0 Å². The van der Waals surface area contributed by atoms with E-state index in [1.165, 1.54) is 0 Å². The standard InChI is InChI=1S/C8H4F6O/c9-5-2-1-3-6(4-5)15-8(13,14)7(10,11)12/h1-4H. The Morgan fingerprint density at radius 2 is 1.60 bits per heavy atom. The van der Waals surface area contributed by atoms with Crippen LogP contribution >= 0.6 is 0 Å². The summed E-state index contributed by atoms with van der Waals surface area (Å²) >= 11 is 0. The summed E-state index contributed by atoms with van der Waals surface area (Å²) in [7, 11) is 0. The first-order valence-corrected chi connectivity index (χ1v) is 3.61. The van der Waals surface area contributed by atoms with E-state index in [9.17, 15) is 26.3 Å². The first kappa shape index (κ1) is 11.7. The Balaban J connectivity index is 2.87. The average molecular weight is 230 g/mol. The van der Waals surface area contributed by atoms with Gasteiger partial charge in [-0.25, -0.2) is 4.39 Å². The van der Waals surface area contributed by atoms with Crippen molar-refractivity contribution >= 4 is 0 Å². The molecule has 0 aliphatic rings. The SMILES string of the molecule is Fc1cccc(OC(F)(F)C(F)(F)F)c1. The molecule has 0 heterocycles. The normalized spacial score (nSPS) is 12.7. The van der Waals surface area contributed by atoms with Crippen LogP contribution in [0.1, 0.15) is 0 Å². The zero-order chi connectivity index (χ0) is 11.7. The van der Waals surface area contributed by atoms with E-state index >= 15 is 0 Å². The van der Waals surface area contributed by atoms with Gasteiger partial charge in [-0.2, -0.15) is 22.0 Å². The Hall–Kier alpha value is -1.40. The molecule has 1 aromatic carbocycles. The summed E-state index contributed by atoms with van der Waals surface area (Å²) in [4.78, 5) is 0. The number of alkyl halides is 5. The van der Waals surface area contributed by atoms with Crippen LogP contribution in [-0.4, -0.2) is 12.3 Å². The van der Waals surface area contributed by atoms with Gasteiger partial charge in [0, 0.05) is 6.07 Å². The maximum atomic E-state index is 12.4. The summed E-state index contributed by atoms with van der Waals surface area (Å²) in [6.07, 6.45) is -11.2. The number of halogens is 6. The second-order valence-electron chi connectivity index (χ2n) is 2.57. The number of hydrogen-bond donors (Lipinski definition) is 0. The van der Waals surface area contributed by atoms with Crippen LogP contribution in [0.3, 0.4) is 0 Å². The lowest BCUT2D eigenvalue weighted by Gasteiger charge is -2.19. The van der Waals surface area contributed by atoms with Crippen molar-refractivity contribution in [3.05, 3.63) is 30.1 Å². The molecule has 0 amide bonds. The molecule has 0 bridgehead atoms. The Labute approximate surface area is 80.3 Å². The van der Waals surface area contributed by atoms with Gasteiger partial charge in [0.1, 0.15) is 11.6 Å². The van der Waals surface area contributed by atoms with Crippen molar-refractivity contribution < 1.29 is 31.1 Å². The predicted octanol–water partition coefficient (Wildman–Crippen LogP) is 3.36. The van der Waals surface area contributed by atoms with Gasteiger partial charge in [-0.1, -0.05) is 6.07 Å². The van der Waals surface area contributed by atoms with E-state index in [-0.39, 0.29) is 0 Å². The van der Waals surface area contributed by atoms with Gasteiger partial charge in [-0.05, 0) is 12.1 Å². The molecule has 0 unspecified atom stereocenters. The highest BCUT2D eigenvalue weighted by molar-refractivity contribution is 5.22. The number of benzene rings is 1. The summed E-state index contributed by atoms with van der Waals surface area (Å²) in [5, 5.41) is 0. The van der Waals surface area contributed by atoms with Gasteiger partial charge in [0.05, 0.1) is 0 Å². The molecule has 7 heteroatoms. The lowest BCUT2D eigenvalue weighted by molar-refractivity contribution is -0.360. The lowest BCUT2D eigenvalue weighted by Crippen LogP contribution is -2.41. The fourth-order valence-corrected chi connectivity index (χ4v) is 0.736. The van der Waals surface area contributed by atoms with Crippen LogP contribution in [0, 0.1) is 5.82 Å². The van der Waals surface area contributed by atoms with Gasteiger partial charge in [0.25, 0.3) is 0 Å². The number of ether oxygens (including phenoxy) is 1. The van der Waals surface area contributed by atoms with E-state index in [4.69, 9.17) is 0 Å². The van der Waals surface area contributed by atoms with Crippen molar-refractivity contribution in [2.45, 2.75) is 12.3 Å². The van der Waals surface area contributed by atoms with Crippen LogP contribution < -0.4 is 4.74 Å². The zero-order valence-corrected chi connectivity index (χ0v) is 6.99. The molecule has 0 spiro atoms. The topological polar surface area (TPSA) is 9.23 Å². The van der Waals surface area contributed by atoms with Crippen molar-refractivity contribution in [3.63, 3.8) is 0 Å². The highest BCUT2D eigenvalue weighted by Crippen LogP contribution is 2.37. The van der Waals surface area contributed by atoms with Gasteiger partial charge in [-0.15, -0.1) is 0 Å². The molecule has 0 aromatic heterocycles. The summed E-state index contributed by atoms with van der Waals surface area (Å²) in [6, 6.07) is 3.07. The van der Waals surface area contributed by atoms with Crippen molar-refractivity contribution in [1.29, 1.82) is 0 Å². The molecule has 0 aliphatic carbocycles. The Kier molecular flexibility index (Phi) is 2.83. The maximum absolute atomic E-state index is 12.4. The fraction of sp³-hybridized carbons (Fsp3) is 0.250. The summed E-state index contributed by atoms with van der Waals surface area (Å²) in [5.41, 5.74) is 0. The van der Waals surface area contributed by atoms with E-state index in [0.29, 0.717) is 6.07 Å². The molecular formula is C8H4F6O. The average Bonchev–Trinajstić information content (AvgIpc) is 2.00. The second-order valence-corrected chi connectivity index (χ2v) is 2.57. The minimum atomic E-state index is -5.83. The summed E-state index contributed by atoms with van der Waals surface area (Å²) in [6.45, 7) is 0. The van der Waals surface area contributed by atoms with E-state index in [2.05, 4.69) is 4.74 Å². The van der Waals surface area contributed by atoms with Gasteiger partial charge in [-0.3, -0.25) is 0 Å². The Morgan fingerprint density at radius 1 is 1.00 bits per heavy atom. The first-order chi connectivity index (χ1) is 6.72. The predicted molar refractivity (Wildman–Crippen MR) is 38.0 cm³/mol. The third-order valence-electron chi connectivity index (χ3n) is 1.37. The van der Waals surface area contributed by atoms with Crippen LogP contribution in [0.5, 0.6) is 5.75 Å². The van der Waals surface area contributed by atoms with Gasteiger partial charge < -0.3 is 4.74 Å². The third-order valence-corrected chi connectivity index (χ3v) is 1.37. The van der Waals surface area contributed by atoms with Gasteiger partial charge in [0.2, 0.25) is 0 Å². The van der Waals surface area contributed by atoms with E-state index in [0.717, 1.165) is 18.2 Å². The van der Waals surface area contributed by atoms with Crippen LogP contribution in [-0.2, 0) is 0 Å². The van der Waals surface area contributed by atoms with Gasteiger partial charge in [0.15, 0.2) is 0 Å². The summed E-state index contributed by atoms with van der Waals surface area (Å²) in [5.74, 6) is -1.86. The highest BCUT2D eigenvalue weighted by atomic mass is 19.4. The molecule has 0 radical (unpaired) electrons. The van der Waals surface area contributed by atoms with Crippen LogP contribution in [0.15, 0.2) is 24.3 Å². The van der Waals surface area contributed by atoms with Crippen LogP contribution in [0.4, 0.5) is 26.3 Å². The minimum absolute atomic E-state index is 0.430. The van der Waals surface area contributed by atoms with E-state index < -0.39 is 23.9 Å². The highest BCUT2D eigenvalue weighted by Gasteiger charge is 2.61. The Morgan fingerprint density at radius 3 is 2.07 bits per heavy atom. The second kappa shape index (κ2) is 3.63. The molecular weight excluding hydrogens is 226 g/mol. The molecule has 15 heavy (non-hydrogen) atoms. The molecule has 0 saturated carbocycles. The number of rotatable bonds is 2. The van der Waals surface area contributed by atoms with Gasteiger partial charge >= 0.3 is 12.3 Å². The zero-order valence-electron chi connectivity index (χ0n) is 6.99. The molecule has 0 N–H and O–H groups in total. The molecule has 0 fully saturated rings. The molecule has 0 saturated heterocycles. The minimum Gasteiger partial charge on any atom is -0.426 e. The first-order valence-electron chi connectivity index (χ1n) is 3.61. The smallest absolute Gasteiger partial charge is 0.426 e. The quantitative estimate of drug-likeness (QED) is 0.708. The van der Waals surface area contributed by atoms with Crippen molar-refractivity contribution in [2.75, 3.05) is 0 Å². The van der Waals surface area contributed by atoms with Crippen LogP contribution in [0.25, 0.3) is 0 Å². The molecule has 0 aliphatic heterocycles. The monoisotopic (exact) mass is 230 g/mol. The Bertz CT molecular complexity index is 345. The lowest BCUT2D eigenvalue weighted by atomic mass is 10.3. The van der Waals surface area contributed by atoms with Crippen molar-refractivity contribution in [3.8, 4) is 5.75 Å². The van der Waals surface area contributed by atoms with Crippen molar-refractivity contribution in [2.24, 2.45) is 0 Å². The van der Waals surface area contributed by atoms with E-state index in [1.807, 2.05) is 0 Å². The molecule has 1 rings (SSSR count). The summed E-state index contributed by atoms with van der Waals surface area (Å²) < 4.78 is 75.3. The maximum Gasteiger partial charge on any atom is 0.499 e. The molecule has 0 atom stereocenters. The molecule has 1 nitrogen and oxygen atoms in total. The third kappa shape index (κ3) is 2.77. The largest absolute Gasteiger partial charge is 0.499 e. The van der Waals surface area contributed by atoms with Crippen LogP contribution in [0.2, 0.25) is 0 Å². The molecule has 84 valence electrons. The number of hydrogen-bond acceptors (Lipinski definition) is 1.